The Hall–Kier alpha value is -2.35. The number of H-pyrrole nitrogens is 1. The van der Waals surface area contributed by atoms with E-state index in [1.807, 2.05) is 60.8 Å². The summed E-state index contributed by atoms with van der Waals surface area (Å²) in [5.41, 5.74) is 2.46. The highest BCUT2D eigenvalue weighted by Gasteiger charge is 2.11. The smallest absolute Gasteiger partial charge is 0.193 e. The zero-order valence-electron chi connectivity index (χ0n) is 9.18. The molecule has 0 aliphatic carbocycles. The molecule has 3 rings (SSSR count). The Kier molecular flexibility index (Phi) is 2.26. The van der Waals surface area contributed by atoms with Crippen molar-refractivity contribution < 1.29 is 4.79 Å². The van der Waals surface area contributed by atoms with Gasteiger partial charge in [-0.3, -0.25) is 4.79 Å². The number of hydrogen-bond donors (Lipinski definition) is 1. The summed E-state index contributed by atoms with van der Waals surface area (Å²) < 4.78 is 0. The standard InChI is InChI=1S/C15H11NO/c17-15(11-5-2-1-3-6-11)13-7-4-8-14-12(13)9-10-16-14/h1-10,16H. The summed E-state index contributed by atoms with van der Waals surface area (Å²) in [6.07, 6.45) is 1.85. The molecule has 0 atom stereocenters. The minimum absolute atomic E-state index is 0.0656. The van der Waals surface area contributed by atoms with E-state index in [0.717, 1.165) is 22.0 Å². The second-order valence-corrected chi connectivity index (χ2v) is 3.94. The zero-order chi connectivity index (χ0) is 11.7. The molecule has 1 heterocycles. The van der Waals surface area contributed by atoms with Crippen LogP contribution in [0.3, 0.4) is 0 Å². The van der Waals surface area contributed by atoms with Gasteiger partial charge in [0, 0.05) is 28.2 Å². The molecule has 17 heavy (non-hydrogen) atoms. The number of nitrogens with one attached hydrogen (secondary N) is 1. The first kappa shape index (κ1) is 9.85. The van der Waals surface area contributed by atoms with E-state index in [4.69, 9.17) is 0 Å². The van der Waals surface area contributed by atoms with Gasteiger partial charge in [0.05, 0.1) is 0 Å². The van der Waals surface area contributed by atoms with E-state index in [-0.39, 0.29) is 5.78 Å². The number of carbonyl (C=O) groups is 1. The van der Waals surface area contributed by atoms with Crippen LogP contribution in [0.4, 0.5) is 0 Å². The lowest BCUT2D eigenvalue weighted by atomic mass is 10.0. The number of carbonyl (C=O) groups excluding carboxylic acids is 1. The fourth-order valence-corrected chi connectivity index (χ4v) is 2.03. The predicted molar refractivity (Wildman–Crippen MR) is 68.2 cm³/mol. The van der Waals surface area contributed by atoms with E-state index in [1.165, 1.54) is 0 Å². The number of benzene rings is 2. The van der Waals surface area contributed by atoms with Crippen molar-refractivity contribution in [1.82, 2.24) is 4.98 Å². The highest BCUT2D eigenvalue weighted by atomic mass is 16.1. The molecule has 3 aromatic rings. The van der Waals surface area contributed by atoms with E-state index >= 15 is 0 Å². The largest absolute Gasteiger partial charge is 0.361 e. The van der Waals surface area contributed by atoms with Gasteiger partial charge in [0.1, 0.15) is 0 Å². The van der Waals surface area contributed by atoms with Crippen LogP contribution in [0.15, 0.2) is 60.8 Å². The quantitative estimate of drug-likeness (QED) is 0.661. The zero-order valence-corrected chi connectivity index (χ0v) is 9.18. The van der Waals surface area contributed by atoms with Gasteiger partial charge >= 0.3 is 0 Å². The molecule has 0 aliphatic rings. The molecule has 82 valence electrons. The van der Waals surface area contributed by atoms with Crippen molar-refractivity contribution in [2.75, 3.05) is 0 Å². The number of ketones is 1. The first-order valence-electron chi connectivity index (χ1n) is 5.52. The average Bonchev–Trinajstić information content (AvgIpc) is 2.87. The third kappa shape index (κ3) is 1.64. The van der Waals surface area contributed by atoms with Crippen LogP contribution in [0, 0.1) is 0 Å². The Morgan fingerprint density at radius 1 is 0.882 bits per heavy atom. The van der Waals surface area contributed by atoms with Crippen molar-refractivity contribution in [2.24, 2.45) is 0 Å². The number of rotatable bonds is 2. The number of aromatic nitrogens is 1. The number of hydrogen-bond acceptors (Lipinski definition) is 1. The molecule has 0 fully saturated rings. The first-order chi connectivity index (χ1) is 8.36. The van der Waals surface area contributed by atoms with Crippen molar-refractivity contribution in [1.29, 1.82) is 0 Å². The third-order valence-electron chi connectivity index (χ3n) is 2.88. The number of aromatic amines is 1. The first-order valence-corrected chi connectivity index (χ1v) is 5.52. The van der Waals surface area contributed by atoms with Gasteiger partial charge in [-0.2, -0.15) is 0 Å². The topological polar surface area (TPSA) is 32.9 Å². The van der Waals surface area contributed by atoms with E-state index in [9.17, 15) is 4.79 Å². The maximum absolute atomic E-state index is 12.3. The summed E-state index contributed by atoms with van der Waals surface area (Å²) >= 11 is 0. The van der Waals surface area contributed by atoms with Gasteiger partial charge in [0.25, 0.3) is 0 Å². The van der Waals surface area contributed by atoms with E-state index in [0.29, 0.717) is 0 Å². The van der Waals surface area contributed by atoms with E-state index in [2.05, 4.69) is 4.98 Å². The van der Waals surface area contributed by atoms with E-state index < -0.39 is 0 Å². The van der Waals surface area contributed by atoms with Crippen LogP contribution in [0.5, 0.6) is 0 Å². The molecule has 0 radical (unpaired) electrons. The van der Waals surface area contributed by atoms with Crippen LogP contribution in [0.25, 0.3) is 10.9 Å². The second kappa shape index (κ2) is 3.91. The molecule has 1 aromatic heterocycles. The van der Waals surface area contributed by atoms with Crippen molar-refractivity contribution in [3.8, 4) is 0 Å². The van der Waals surface area contributed by atoms with Gasteiger partial charge in [0.2, 0.25) is 0 Å². The molecule has 2 nitrogen and oxygen atoms in total. The molecule has 0 saturated heterocycles. The predicted octanol–water partition coefficient (Wildman–Crippen LogP) is 3.40. The fourth-order valence-electron chi connectivity index (χ4n) is 2.03. The van der Waals surface area contributed by atoms with Crippen LogP contribution >= 0.6 is 0 Å². The maximum Gasteiger partial charge on any atom is 0.193 e. The normalized spacial score (nSPS) is 10.6. The van der Waals surface area contributed by atoms with Gasteiger partial charge in [0.15, 0.2) is 5.78 Å². The highest BCUT2D eigenvalue weighted by molar-refractivity contribution is 6.16. The average molecular weight is 221 g/mol. The summed E-state index contributed by atoms with van der Waals surface area (Å²) in [4.78, 5) is 15.5. The van der Waals surface area contributed by atoms with Crippen molar-refractivity contribution in [3.05, 3.63) is 71.9 Å². The van der Waals surface area contributed by atoms with Crippen LogP contribution in [-0.2, 0) is 0 Å². The minimum Gasteiger partial charge on any atom is -0.361 e. The van der Waals surface area contributed by atoms with Gasteiger partial charge in [-0.05, 0) is 12.1 Å². The Morgan fingerprint density at radius 3 is 2.53 bits per heavy atom. The summed E-state index contributed by atoms with van der Waals surface area (Å²) in [6, 6.07) is 17.0. The molecule has 0 aliphatic heterocycles. The molecule has 0 amide bonds. The van der Waals surface area contributed by atoms with Crippen molar-refractivity contribution >= 4 is 16.7 Å². The van der Waals surface area contributed by atoms with Crippen molar-refractivity contribution in [2.45, 2.75) is 0 Å². The Morgan fingerprint density at radius 2 is 1.71 bits per heavy atom. The Labute approximate surface area is 98.9 Å². The number of fused-ring (bicyclic) bond motifs is 1. The molecule has 0 spiro atoms. The monoisotopic (exact) mass is 221 g/mol. The lowest BCUT2D eigenvalue weighted by molar-refractivity contribution is 0.104. The highest BCUT2D eigenvalue weighted by Crippen LogP contribution is 2.20. The third-order valence-corrected chi connectivity index (χ3v) is 2.88. The van der Waals surface area contributed by atoms with Crippen LogP contribution in [0.2, 0.25) is 0 Å². The molecule has 0 bridgehead atoms. The Bertz CT molecular complexity index is 667. The fraction of sp³-hybridized carbons (Fsp3) is 0. The minimum atomic E-state index is 0.0656. The van der Waals surface area contributed by atoms with Crippen LogP contribution < -0.4 is 0 Å². The molecule has 0 unspecified atom stereocenters. The molecule has 1 N–H and O–H groups in total. The van der Waals surface area contributed by atoms with Gasteiger partial charge < -0.3 is 4.98 Å². The lowest BCUT2D eigenvalue weighted by Crippen LogP contribution is -2.01. The SMILES string of the molecule is O=C(c1ccccc1)c1cccc2[nH]ccc12. The molecule has 0 saturated carbocycles. The molecule has 2 heteroatoms. The van der Waals surface area contributed by atoms with Gasteiger partial charge in [-0.1, -0.05) is 42.5 Å². The second-order valence-electron chi connectivity index (χ2n) is 3.94. The molecule has 2 aromatic carbocycles. The summed E-state index contributed by atoms with van der Waals surface area (Å²) in [7, 11) is 0. The van der Waals surface area contributed by atoms with E-state index in [1.54, 1.807) is 0 Å². The summed E-state index contributed by atoms with van der Waals surface area (Å²) in [5, 5.41) is 0.973. The van der Waals surface area contributed by atoms with Crippen LogP contribution in [-0.4, -0.2) is 10.8 Å². The van der Waals surface area contributed by atoms with Crippen molar-refractivity contribution in [3.63, 3.8) is 0 Å². The lowest BCUT2D eigenvalue weighted by Gasteiger charge is -2.02. The molecular formula is C15H11NO. The van der Waals surface area contributed by atoms with Gasteiger partial charge in [-0.25, -0.2) is 0 Å². The summed E-state index contributed by atoms with van der Waals surface area (Å²) in [6.45, 7) is 0. The van der Waals surface area contributed by atoms with Gasteiger partial charge in [-0.15, -0.1) is 0 Å². The maximum atomic E-state index is 12.3. The molecular weight excluding hydrogens is 210 g/mol. The van der Waals surface area contributed by atoms with Crippen LogP contribution in [0.1, 0.15) is 15.9 Å². The Balaban J connectivity index is 2.16. The summed E-state index contributed by atoms with van der Waals surface area (Å²) in [5.74, 6) is 0.0656.